The van der Waals surface area contributed by atoms with Crippen LogP contribution in [0.4, 0.5) is 0 Å². The van der Waals surface area contributed by atoms with E-state index in [1.807, 2.05) is 33.3 Å². The fourth-order valence-corrected chi connectivity index (χ4v) is 10.7. The van der Waals surface area contributed by atoms with E-state index in [2.05, 4.69) is 99.0 Å². The molecule has 0 aliphatic rings. The summed E-state index contributed by atoms with van der Waals surface area (Å²) in [6, 6.07) is -0.909. The summed E-state index contributed by atoms with van der Waals surface area (Å²) in [5.41, 5.74) is 0. The van der Waals surface area contributed by atoms with Gasteiger partial charge in [0.1, 0.15) is 19.3 Å². The lowest BCUT2D eigenvalue weighted by Crippen LogP contribution is -2.47. The van der Waals surface area contributed by atoms with Crippen LogP contribution in [-0.2, 0) is 27.9 Å². The molecular weight excluding hydrogens is 1050 g/mol. The Labute approximate surface area is 514 Å². The Morgan fingerprint density at radius 1 is 0.434 bits per heavy atom. The van der Waals surface area contributed by atoms with Crippen LogP contribution in [0.15, 0.2) is 85.1 Å². The molecule has 0 aromatic heterocycles. The van der Waals surface area contributed by atoms with Gasteiger partial charge in [-0.05, 0) is 102 Å². The first-order valence-electron chi connectivity index (χ1n) is 34.9. The molecule has 0 fully saturated rings. The van der Waals surface area contributed by atoms with Gasteiger partial charge < -0.3 is 28.5 Å². The van der Waals surface area contributed by atoms with Gasteiger partial charge in [0.15, 0.2) is 0 Å². The van der Waals surface area contributed by atoms with Crippen molar-refractivity contribution in [2.45, 2.75) is 328 Å². The molecule has 0 saturated heterocycles. The number of hydrogen-bond donors (Lipinski definition) is 1. The van der Waals surface area contributed by atoms with E-state index in [0.717, 1.165) is 89.9 Å². The lowest BCUT2D eigenvalue weighted by molar-refractivity contribution is -0.870. The zero-order chi connectivity index (χ0) is 60.7. The second kappa shape index (κ2) is 62.2. The van der Waals surface area contributed by atoms with Crippen molar-refractivity contribution in [1.29, 1.82) is 0 Å². The van der Waals surface area contributed by atoms with Gasteiger partial charge in [-0.15, -0.1) is 0 Å². The average Bonchev–Trinajstić information content (AvgIpc) is 3.52. The molecule has 1 amide bonds. The van der Waals surface area contributed by atoms with Crippen molar-refractivity contribution in [3.8, 4) is 0 Å². The molecular formula is C73H133N2O7P. The van der Waals surface area contributed by atoms with Crippen molar-refractivity contribution in [3.05, 3.63) is 85.1 Å². The van der Waals surface area contributed by atoms with Gasteiger partial charge in [-0.25, -0.2) is 0 Å². The van der Waals surface area contributed by atoms with Crippen LogP contribution in [0.3, 0.4) is 0 Å². The minimum absolute atomic E-state index is 0.0313. The fourth-order valence-electron chi connectivity index (χ4n) is 9.96. The van der Waals surface area contributed by atoms with Crippen molar-refractivity contribution in [3.63, 3.8) is 0 Å². The van der Waals surface area contributed by atoms with Gasteiger partial charge in [-0.1, -0.05) is 286 Å². The zero-order valence-corrected chi connectivity index (χ0v) is 56.0. The number of ether oxygens (including phenoxy) is 1. The first-order valence-corrected chi connectivity index (χ1v) is 36.4. The quantitative estimate of drug-likeness (QED) is 0.0212. The average molecular weight is 1180 g/mol. The summed E-state index contributed by atoms with van der Waals surface area (Å²) in [5, 5.41) is 3.02. The van der Waals surface area contributed by atoms with Crippen LogP contribution in [0, 0.1) is 0 Å². The van der Waals surface area contributed by atoms with Crippen molar-refractivity contribution >= 4 is 19.7 Å². The minimum atomic E-state index is -4.71. The summed E-state index contributed by atoms with van der Waals surface area (Å²) in [5.74, 6) is -0.573. The van der Waals surface area contributed by atoms with Gasteiger partial charge in [-0.3, -0.25) is 14.2 Å². The lowest BCUT2D eigenvalue weighted by Gasteiger charge is -2.30. The third kappa shape index (κ3) is 63.5. The van der Waals surface area contributed by atoms with E-state index in [-0.39, 0.29) is 31.3 Å². The second-order valence-electron chi connectivity index (χ2n) is 24.6. The molecule has 482 valence electrons. The first-order chi connectivity index (χ1) is 40.4. The molecule has 9 nitrogen and oxygen atoms in total. The van der Waals surface area contributed by atoms with Crippen molar-refractivity contribution in [2.24, 2.45) is 0 Å². The van der Waals surface area contributed by atoms with E-state index in [0.29, 0.717) is 17.4 Å². The Balaban J connectivity index is 5.03. The van der Waals surface area contributed by atoms with E-state index in [9.17, 15) is 19.0 Å². The molecule has 83 heavy (non-hydrogen) atoms. The highest BCUT2D eigenvalue weighted by Gasteiger charge is 2.27. The van der Waals surface area contributed by atoms with Gasteiger partial charge >= 0.3 is 5.97 Å². The normalized spacial score (nSPS) is 14.1. The molecule has 0 aliphatic carbocycles. The molecule has 0 aromatic carbocycles. The van der Waals surface area contributed by atoms with E-state index >= 15 is 0 Å². The van der Waals surface area contributed by atoms with Crippen LogP contribution < -0.4 is 10.2 Å². The SMILES string of the molecule is CC/C=C\C/C=C\C/C=C\C/C=C\C/C=C\CCCCCC(=O)NC(COP(=O)([O-])OCC[N+](C)(C)C)C(/C=C\CCCCCCCCCCC)OC(=O)CCCCCCCCCCCCCCCCCCC/C=C/CCCCCCCC. The number of nitrogens with zero attached hydrogens (tertiary/aromatic N) is 1. The van der Waals surface area contributed by atoms with Crippen LogP contribution in [0.25, 0.3) is 0 Å². The van der Waals surface area contributed by atoms with Gasteiger partial charge in [0.05, 0.1) is 33.8 Å². The van der Waals surface area contributed by atoms with Gasteiger partial charge in [0, 0.05) is 12.8 Å². The maximum Gasteiger partial charge on any atom is 0.306 e. The lowest BCUT2D eigenvalue weighted by atomic mass is 10.0. The van der Waals surface area contributed by atoms with Crippen molar-refractivity contribution in [2.75, 3.05) is 40.9 Å². The van der Waals surface area contributed by atoms with Crippen molar-refractivity contribution < 1.29 is 37.3 Å². The van der Waals surface area contributed by atoms with Crippen LogP contribution >= 0.6 is 7.82 Å². The highest BCUT2D eigenvalue weighted by atomic mass is 31.2. The Morgan fingerprint density at radius 2 is 0.771 bits per heavy atom. The molecule has 0 spiro atoms. The van der Waals surface area contributed by atoms with Crippen LogP contribution in [0.1, 0.15) is 316 Å². The summed E-state index contributed by atoms with van der Waals surface area (Å²) in [6.45, 7) is 6.72. The van der Waals surface area contributed by atoms with Crippen LogP contribution in [0.5, 0.6) is 0 Å². The first kappa shape index (κ1) is 80.2. The summed E-state index contributed by atoms with van der Waals surface area (Å²) in [7, 11) is 1.16. The largest absolute Gasteiger partial charge is 0.756 e. The highest BCUT2D eigenvalue weighted by Crippen LogP contribution is 2.38. The standard InChI is InChI=1S/C73H133N2O7P/c1-7-10-13-16-19-22-25-27-29-31-33-34-35-36-37-38-39-40-42-44-46-48-51-54-57-60-63-66-73(77)82-71(64-61-58-55-52-49-24-21-18-15-12-9-3)70(69-81-83(78,79)80-68-67-75(4,5)6)74-72(76)65-62-59-56-53-50-47-45-43-41-32-30-28-26-23-20-17-14-11-8-2/h11,14,20,23,27-30,41,43,47,50,61,64,70-71H,7-10,12-13,15-19,21-22,24-26,31-40,42,44-46,48-49,51-60,62-63,65-69H2,1-6H3,(H-,74,76,78,79)/b14-11-,23-20-,29-27+,30-28-,43-41-,50-47-,64-61-. The Kier molecular flexibility index (Phi) is 60.1. The molecule has 3 unspecified atom stereocenters. The number of amides is 1. The maximum absolute atomic E-state index is 13.6. The number of rotatable bonds is 63. The number of likely N-dealkylation sites (N-methyl/N-ethyl adjacent to an activating group) is 1. The number of hydrogen-bond acceptors (Lipinski definition) is 7. The minimum Gasteiger partial charge on any atom is -0.756 e. The predicted octanol–water partition coefficient (Wildman–Crippen LogP) is 21.5. The zero-order valence-electron chi connectivity index (χ0n) is 55.1. The molecule has 3 atom stereocenters. The number of unbranched alkanes of at least 4 members (excludes halogenated alkanes) is 35. The van der Waals surface area contributed by atoms with Crippen LogP contribution in [0.2, 0.25) is 0 Å². The Hall–Kier alpha value is -2.81. The summed E-state index contributed by atoms with van der Waals surface area (Å²) in [4.78, 5) is 40.1. The number of carbonyl (C=O) groups is 2. The van der Waals surface area contributed by atoms with E-state index in [1.54, 1.807) is 0 Å². The third-order valence-corrected chi connectivity index (χ3v) is 16.3. The molecule has 1 N–H and O–H groups in total. The number of carbonyl (C=O) groups excluding carboxylic acids is 2. The topological polar surface area (TPSA) is 114 Å². The van der Waals surface area contributed by atoms with Gasteiger partial charge in [0.25, 0.3) is 7.82 Å². The van der Waals surface area contributed by atoms with Crippen LogP contribution in [-0.4, -0.2) is 69.4 Å². The number of nitrogens with one attached hydrogen (secondary N) is 1. The molecule has 0 heterocycles. The molecule has 0 rings (SSSR count). The molecule has 0 aliphatic heterocycles. The summed E-state index contributed by atoms with van der Waals surface area (Å²) in [6.07, 6.45) is 82.9. The maximum atomic E-state index is 13.6. The molecule has 0 aromatic rings. The summed E-state index contributed by atoms with van der Waals surface area (Å²) < 4.78 is 30.4. The van der Waals surface area contributed by atoms with Crippen molar-refractivity contribution in [1.82, 2.24) is 5.32 Å². The van der Waals surface area contributed by atoms with Gasteiger partial charge in [-0.2, -0.15) is 0 Å². The van der Waals surface area contributed by atoms with E-state index in [4.69, 9.17) is 13.8 Å². The number of allylic oxidation sites excluding steroid dienone is 13. The fraction of sp³-hybridized carbons (Fsp3) is 0.781. The Morgan fingerprint density at radius 3 is 1.18 bits per heavy atom. The molecule has 0 saturated carbocycles. The molecule has 0 bridgehead atoms. The smallest absolute Gasteiger partial charge is 0.306 e. The number of phosphoric acid groups is 1. The number of esters is 1. The number of quaternary nitrogens is 1. The monoisotopic (exact) mass is 1180 g/mol. The highest BCUT2D eigenvalue weighted by molar-refractivity contribution is 7.45. The van der Waals surface area contributed by atoms with Gasteiger partial charge in [0.2, 0.25) is 5.91 Å². The molecule has 10 heteroatoms. The third-order valence-electron chi connectivity index (χ3n) is 15.3. The predicted molar refractivity (Wildman–Crippen MR) is 358 cm³/mol. The van der Waals surface area contributed by atoms with E-state index in [1.165, 1.54) is 186 Å². The van der Waals surface area contributed by atoms with E-state index < -0.39 is 26.6 Å². The molecule has 0 radical (unpaired) electrons. The number of phosphoric ester groups is 1. The second-order valence-corrected chi connectivity index (χ2v) is 26.1. The summed E-state index contributed by atoms with van der Waals surface area (Å²) >= 11 is 0. The Bertz CT molecular complexity index is 1700.